The van der Waals surface area contributed by atoms with E-state index in [9.17, 15) is 24.0 Å². The normalized spacial score (nSPS) is 18.8. The predicted molar refractivity (Wildman–Crippen MR) is 148 cm³/mol. The number of likely N-dealkylation sites (tertiary alicyclic amines) is 1. The number of primary amides is 1. The van der Waals surface area contributed by atoms with Gasteiger partial charge < -0.3 is 26.0 Å². The molecule has 0 radical (unpaired) electrons. The van der Waals surface area contributed by atoms with E-state index >= 15 is 0 Å². The first kappa shape index (κ1) is 35.4. The van der Waals surface area contributed by atoms with Gasteiger partial charge in [-0.05, 0) is 58.3 Å². The maximum Gasteiger partial charge on any atom is 0.408 e. The standard InChI is InChI=1S/C16H30N2O3.C9H14N2O3.C3H8/c1-11-9-8-10-18(11)13(19)12(15(2,3)4)17-14(20)21-16(5,6)7;10-9(14)8(13)7(11-5-12)4-6-2-1-3-6;1-3-2/h11-12H,8-10H2,1-7H3,(H,17,20);5-7H,1-4H2,(H2,10,14)(H,11,12);3H2,1-2H3. The van der Waals surface area contributed by atoms with Gasteiger partial charge in [0.2, 0.25) is 18.1 Å². The van der Waals surface area contributed by atoms with Crippen molar-refractivity contribution in [1.29, 1.82) is 0 Å². The van der Waals surface area contributed by atoms with Crippen LogP contribution in [0.1, 0.15) is 107 Å². The van der Waals surface area contributed by atoms with E-state index < -0.39 is 35.5 Å². The average Bonchev–Trinajstić information content (AvgIpc) is 3.17. The van der Waals surface area contributed by atoms with E-state index in [1.807, 2.05) is 46.4 Å². The summed E-state index contributed by atoms with van der Waals surface area (Å²) in [5.41, 5.74) is 3.92. The van der Waals surface area contributed by atoms with Crippen molar-refractivity contribution in [3.63, 3.8) is 0 Å². The maximum absolute atomic E-state index is 12.8. The van der Waals surface area contributed by atoms with Gasteiger partial charge in [0.05, 0.1) is 6.04 Å². The number of ketones is 1. The quantitative estimate of drug-likeness (QED) is 0.316. The van der Waals surface area contributed by atoms with E-state index in [0.29, 0.717) is 18.7 Å². The Morgan fingerprint density at radius 1 is 1.03 bits per heavy atom. The van der Waals surface area contributed by atoms with E-state index in [1.165, 1.54) is 6.42 Å². The molecule has 10 nitrogen and oxygen atoms in total. The molecule has 2 aliphatic rings. The molecule has 0 aromatic heterocycles. The van der Waals surface area contributed by atoms with Crippen molar-refractivity contribution in [1.82, 2.24) is 15.5 Å². The number of hydrogen-bond donors (Lipinski definition) is 3. The summed E-state index contributed by atoms with van der Waals surface area (Å²) in [6, 6.07) is -1.06. The molecule has 0 aromatic rings. The van der Waals surface area contributed by atoms with Crippen LogP contribution in [0.5, 0.6) is 0 Å². The first-order chi connectivity index (χ1) is 17.5. The van der Waals surface area contributed by atoms with Crippen LogP contribution in [0.15, 0.2) is 0 Å². The minimum absolute atomic E-state index is 0.0154. The van der Waals surface area contributed by atoms with Gasteiger partial charge in [-0.1, -0.05) is 60.3 Å². The van der Waals surface area contributed by atoms with Gasteiger partial charge >= 0.3 is 6.09 Å². The third kappa shape index (κ3) is 13.2. The Hall–Kier alpha value is -2.65. The molecule has 1 heterocycles. The molecule has 10 heteroatoms. The fraction of sp³-hybridized carbons (Fsp3) is 0.821. The number of alkyl carbamates (subject to hydrolysis) is 1. The summed E-state index contributed by atoms with van der Waals surface area (Å²) >= 11 is 0. The Morgan fingerprint density at radius 2 is 1.58 bits per heavy atom. The minimum Gasteiger partial charge on any atom is -0.444 e. The van der Waals surface area contributed by atoms with Gasteiger partial charge in [-0.3, -0.25) is 19.2 Å². The highest BCUT2D eigenvalue weighted by Gasteiger charge is 2.39. The third-order valence-corrected chi connectivity index (χ3v) is 6.23. The van der Waals surface area contributed by atoms with Crippen molar-refractivity contribution in [2.45, 2.75) is 131 Å². The summed E-state index contributed by atoms with van der Waals surface area (Å²) < 4.78 is 5.28. The van der Waals surface area contributed by atoms with Crippen LogP contribution in [0.4, 0.5) is 4.79 Å². The van der Waals surface area contributed by atoms with Gasteiger partial charge in [-0.25, -0.2) is 4.79 Å². The highest BCUT2D eigenvalue weighted by atomic mass is 16.6. The molecule has 0 bridgehead atoms. The van der Waals surface area contributed by atoms with Gasteiger partial charge in [0, 0.05) is 12.6 Å². The van der Waals surface area contributed by atoms with Crippen molar-refractivity contribution in [3.8, 4) is 0 Å². The number of hydrogen-bond acceptors (Lipinski definition) is 6. The van der Waals surface area contributed by atoms with Crippen LogP contribution in [0.25, 0.3) is 0 Å². The van der Waals surface area contributed by atoms with E-state index in [1.54, 1.807) is 0 Å². The van der Waals surface area contributed by atoms with Crippen molar-refractivity contribution < 1.29 is 28.7 Å². The first-order valence-electron chi connectivity index (χ1n) is 13.8. The monoisotopic (exact) mass is 540 g/mol. The summed E-state index contributed by atoms with van der Waals surface area (Å²) in [5, 5.41) is 5.09. The van der Waals surface area contributed by atoms with Gasteiger partial charge in [0.25, 0.3) is 5.91 Å². The molecule has 4 N–H and O–H groups in total. The van der Waals surface area contributed by atoms with Crippen LogP contribution in [-0.4, -0.2) is 65.3 Å². The van der Waals surface area contributed by atoms with Gasteiger partial charge in [-0.15, -0.1) is 0 Å². The van der Waals surface area contributed by atoms with Gasteiger partial charge in [0.1, 0.15) is 11.6 Å². The van der Waals surface area contributed by atoms with Crippen LogP contribution in [0.3, 0.4) is 0 Å². The predicted octanol–water partition coefficient (Wildman–Crippen LogP) is 3.70. The van der Waals surface area contributed by atoms with Crippen LogP contribution in [-0.2, 0) is 23.9 Å². The number of rotatable bonds is 8. The largest absolute Gasteiger partial charge is 0.444 e. The van der Waals surface area contributed by atoms with Crippen LogP contribution in [0.2, 0.25) is 0 Å². The summed E-state index contributed by atoms with van der Waals surface area (Å²) in [4.78, 5) is 58.7. The second-order valence-corrected chi connectivity index (χ2v) is 12.3. The van der Waals surface area contributed by atoms with Crippen LogP contribution >= 0.6 is 0 Å². The number of amides is 4. The molecule has 2 fully saturated rings. The molecule has 1 saturated carbocycles. The summed E-state index contributed by atoms with van der Waals surface area (Å²) in [6.45, 7) is 18.4. The lowest BCUT2D eigenvalue weighted by Crippen LogP contribution is -2.56. The molecule has 4 amide bonds. The molecular formula is C28H52N4O6. The Labute approximate surface area is 229 Å². The molecule has 220 valence electrons. The molecule has 2 rings (SSSR count). The number of Topliss-reactive ketones (excluding diaryl/α,β-unsaturated/α-hetero) is 1. The van der Waals surface area contributed by atoms with E-state index in [-0.39, 0.29) is 17.4 Å². The minimum atomic E-state index is -0.983. The number of carbonyl (C=O) groups is 5. The number of carbonyl (C=O) groups excluding carboxylic acids is 5. The van der Waals surface area contributed by atoms with Crippen molar-refractivity contribution in [3.05, 3.63) is 0 Å². The SMILES string of the molecule is CC1CCCN1C(=O)C(NC(=O)OC(C)(C)C)C(C)(C)C.CCC.NC(=O)C(=O)C(CC1CCC1)NC=O. The van der Waals surface area contributed by atoms with Gasteiger partial charge in [-0.2, -0.15) is 0 Å². The zero-order valence-electron chi connectivity index (χ0n) is 25.0. The Morgan fingerprint density at radius 3 is 1.92 bits per heavy atom. The van der Waals surface area contributed by atoms with Crippen LogP contribution in [0, 0.1) is 11.3 Å². The molecule has 38 heavy (non-hydrogen) atoms. The van der Waals surface area contributed by atoms with Crippen molar-refractivity contribution in [2.24, 2.45) is 17.1 Å². The summed E-state index contributed by atoms with van der Waals surface area (Å²) in [5.74, 6) is -1.26. The lowest BCUT2D eigenvalue weighted by Gasteiger charge is -2.35. The average molecular weight is 541 g/mol. The van der Waals surface area contributed by atoms with Crippen molar-refractivity contribution >= 4 is 30.1 Å². The van der Waals surface area contributed by atoms with Gasteiger partial charge in [0.15, 0.2) is 0 Å². The van der Waals surface area contributed by atoms with Crippen LogP contribution < -0.4 is 16.4 Å². The molecule has 1 aliphatic heterocycles. The molecule has 0 aromatic carbocycles. The van der Waals surface area contributed by atoms with E-state index in [0.717, 1.165) is 38.6 Å². The molecule has 3 atom stereocenters. The first-order valence-corrected chi connectivity index (χ1v) is 13.8. The lowest BCUT2D eigenvalue weighted by molar-refractivity contribution is -0.138. The number of nitrogens with zero attached hydrogens (tertiary/aromatic N) is 1. The summed E-state index contributed by atoms with van der Waals surface area (Å²) in [6.07, 6.45) is 6.99. The fourth-order valence-electron chi connectivity index (χ4n) is 4.07. The third-order valence-electron chi connectivity index (χ3n) is 6.23. The highest BCUT2D eigenvalue weighted by Crippen LogP contribution is 2.30. The Kier molecular flexibility index (Phi) is 15.2. The number of nitrogens with one attached hydrogen (secondary N) is 2. The lowest BCUT2D eigenvalue weighted by atomic mass is 9.80. The maximum atomic E-state index is 12.8. The number of ether oxygens (including phenoxy) is 1. The molecule has 3 unspecified atom stereocenters. The molecule has 0 spiro atoms. The van der Waals surface area contributed by atoms with E-state index in [4.69, 9.17) is 10.5 Å². The molecular weight excluding hydrogens is 488 g/mol. The smallest absolute Gasteiger partial charge is 0.408 e. The van der Waals surface area contributed by atoms with Crippen molar-refractivity contribution in [2.75, 3.05) is 6.54 Å². The van der Waals surface area contributed by atoms with E-state index in [2.05, 4.69) is 31.4 Å². The highest BCUT2D eigenvalue weighted by molar-refractivity contribution is 6.37. The topological polar surface area (TPSA) is 148 Å². The zero-order valence-corrected chi connectivity index (χ0v) is 25.0. The Balaban J connectivity index is 0.000000694. The summed E-state index contributed by atoms with van der Waals surface area (Å²) in [7, 11) is 0. The Bertz CT molecular complexity index is 783. The molecule has 1 saturated heterocycles. The second-order valence-electron chi connectivity index (χ2n) is 12.3. The number of nitrogens with two attached hydrogens (primary N) is 1. The molecule has 1 aliphatic carbocycles. The second kappa shape index (κ2) is 16.3. The fourth-order valence-corrected chi connectivity index (χ4v) is 4.07. The zero-order chi connectivity index (χ0) is 29.7.